The molecule has 0 aliphatic carbocycles. The Balaban J connectivity index is 1.96. The third-order valence-corrected chi connectivity index (χ3v) is 4.26. The summed E-state index contributed by atoms with van der Waals surface area (Å²) in [5, 5.41) is 0. The monoisotopic (exact) mass is 283 g/mol. The van der Waals surface area contributed by atoms with Crippen LogP contribution >= 0.6 is 0 Å². The van der Waals surface area contributed by atoms with E-state index < -0.39 is 0 Å². The highest BCUT2D eigenvalue weighted by atomic mass is 16.5. The zero-order valence-electron chi connectivity index (χ0n) is 12.0. The number of nitrogens with zero attached hydrogens (tertiary/aromatic N) is 1. The molecule has 0 radical (unpaired) electrons. The van der Waals surface area contributed by atoms with Gasteiger partial charge in [-0.25, -0.2) is 4.79 Å². The molecule has 21 heavy (non-hydrogen) atoms. The Labute approximate surface area is 123 Å². The van der Waals surface area contributed by atoms with Crippen LogP contribution in [0.1, 0.15) is 35.0 Å². The number of hydrogen-bond donors (Lipinski definition) is 0. The van der Waals surface area contributed by atoms with Crippen LogP contribution in [0.4, 0.5) is 0 Å². The molecule has 0 bridgehead atoms. The lowest BCUT2D eigenvalue weighted by atomic mass is 10.00. The van der Waals surface area contributed by atoms with Crippen LogP contribution in [0.15, 0.2) is 24.3 Å². The van der Waals surface area contributed by atoms with Crippen molar-refractivity contribution < 1.29 is 14.3 Å². The number of carbonyl (C=O) groups is 1. The molecule has 0 saturated carbocycles. The molecule has 0 amide bonds. The van der Waals surface area contributed by atoms with E-state index in [0.29, 0.717) is 13.2 Å². The summed E-state index contributed by atoms with van der Waals surface area (Å²) < 4.78 is 13.4. The van der Waals surface area contributed by atoms with Crippen LogP contribution < -0.4 is 4.74 Å². The SMILES string of the molecule is CCOC(=O)c1c2c(n3c1CCC3)-c1ccccc1OC2. The zero-order chi connectivity index (χ0) is 14.4. The fourth-order valence-corrected chi connectivity index (χ4v) is 3.47. The molecule has 2 aromatic rings. The Morgan fingerprint density at radius 1 is 1.38 bits per heavy atom. The Kier molecular flexibility index (Phi) is 2.77. The standard InChI is InChI=1S/C17H17NO3/c1-2-20-17(19)15-12-10-21-14-8-4-3-6-11(14)16(12)18-9-5-7-13(15)18/h3-4,6,8H,2,5,7,9-10H2,1H3. The van der Waals surface area contributed by atoms with E-state index in [0.717, 1.165) is 53.2 Å². The van der Waals surface area contributed by atoms with Crippen molar-refractivity contribution in [2.45, 2.75) is 32.9 Å². The molecule has 108 valence electrons. The van der Waals surface area contributed by atoms with Crippen molar-refractivity contribution in [1.29, 1.82) is 0 Å². The molecule has 0 saturated heterocycles. The van der Waals surface area contributed by atoms with Crippen molar-refractivity contribution in [2.75, 3.05) is 6.61 Å². The third kappa shape index (κ3) is 1.71. The number of benzene rings is 1. The summed E-state index contributed by atoms with van der Waals surface area (Å²) in [4.78, 5) is 12.4. The van der Waals surface area contributed by atoms with E-state index in [9.17, 15) is 4.79 Å². The quantitative estimate of drug-likeness (QED) is 0.795. The van der Waals surface area contributed by atoms with Crippen LogP contribution in [0, 0.1) is 0 Å². The van der Waals surface area contributed by atoms with Crippen LogP contribution in [0.5, 0.6) is 5.75 Å². The van der Waals surface area contributed by atoms with Gasteiger partial charge in [0.05, 0.1) is 17.9 Å². The summed E-state index contributed by atoms with van der Waals surface area (Å²) in [6, 6.07) is 8.03. The Hall–Kier alpha value is -2.23. The van der Waals surface area contributed by atoms with Crippen molar-refractivity contribution in [3.05, 3.63) is 41.1 Å². The number of fused-ring (bicyclic) bond motifs is 5. The highest BCUT2D eigenvalue weighted by Crippen LogP contribution is 2.43. The first-order valence-corrected chi connectivity index (χ1v) is 7.44. The summed E-state index contributed by atoms with van der Waals surface area (Å²) in [5.41, 5.74) is 5.06. The average Bonchev–Trinajstić information content (AvgIpc) is 3.06. The zero-order valence-corrected chi connectivity index (χ0v) is 12.0. The van der Waals surface area contributed by atoms with E-state index in [1.165, 1.54) is 0 Å². The van der Waals surface area contributed by atoms with Gasteiger partial charge in [0.1, 0.15) is 12.4 Å². The lowest BCUT2D eigenvalue weighted by Gasteiger charge is -2.20. The molecule has 1 aromatic heterocycles. The van der Waals surface area contributed by atoms with E-state index in [2.05, 4.69) is 10.6 Å². The van der Waals surface area contributed by atoms with E-state index in [1.54, 1.807) is 0 Å². The number of aromatic nitrogens is 1. The van der Waals surface area contributed by atoms with Gasteiger partial charge in [0.25, 0.3) is 0 Å². The number of carbonyl (C=O) groups excluding carboxylic acids is 1. The molecule has 0 unspecified atom stereocenters. The van der Waals surface area contributed by atoms with Crippen LogP contribution in [-0.2, 0) is 24.3 Å². The predicted molar refractivity (Wildman–Crippen MR) is 78.5 cm³/mol. The van der Waals surface area contributed by atoms with E-state index in [-0.39, 0.29) is 5.97 Å². The fraction of sp³-hybridized carbons (Fsp3) is 0.353. The van der Waals surface area contributed by atoms with E-state index in [4.69, 9.17) is 9.47 Å². The van der Waals surface area contributed by atoms with Crippen molar-refractivity contribution in [1.82, 2.24) is 4.57 Å². The molecular formula is C17H17NO3. The first-order chi connectivity index (χ1) is 10.3. The maximum atomic E-state index is 12.4. The summed E-state index contributed by atoms with van der Waals surface area (Å²) in [7, 11) is 0. The molecule has 2 aliphatic heterocycles. The Morgan fingerprint density at radius 2 is 2.24 bits per heavy atom. The molecule has 0 spiro atoms. The van der Waals surface area contributed by atoms with Gasteiger partial charge < -0.3 is 14.0 Å². The predicted octanol–water partition coefficient (Wildman–Crippen LogP) is 3.17. The molecule has 1 aromatic carbocycles. The maximum absolute atomic E-state index is 12.4. The number of para-hydroxylation sites is 1. The molecule has 4 heteroatoms. The summed E-state index contributed by atoms with van der Waals surface area (Å²) >= 11 is 0. The minimum Gasteiger partial charge on any atom is -0.488 e. The highest BCUT2D eigenvalue weighted by molar-refractivity contribution is 5.96. The topological polar surface area (TPSA) is 40.5 Å². The molecule has 4 rings (SSSR count). The first kappa shape index (κ1) is 12.5. The number of rotatable bonds is 2. The molecule has 4 nitrogen and oxygen atoms in total. The van der Waals surface area contributed by atoms with Crippen LogP contribution in [0.25, 0.3) is 11.3 Å². The number of hydrogen-bond acceptors (Lipinski definition) is 3. The average molecular weight is 283 g/mol. The minimum atomic E-state index is -0.215. The van der Waals surface area contributed by atoms with Gasteiger partial charge in [0.15, 0.2) is 0 Å². The van der Waals surface area contributed by atoms with Crippen molar-refractivity contribution in [2.24, 2.45) is 0 Å². The molecule has 0 fully saturated rings. The fourth-order valence-electron chi connectivity index (χ4n) is 3.47. The minimum absolute atomic E-state index is 0.215. The van der Waals surface area contributed by atoms with Gasteiger partial charge in [0, 0.05) is 23.4 Å². The number of esters is 1. The van der Waals surface area contributed by atoms with Gasteiger partial charge in [-0.05, 0) is 31.9 Å². The van der Waals surface area contributed by atoms with Crippen LogP contribution in [0.2, 0.25) is 0 Å². The summed E-state index contributed by atoms with van der Waals surface area (Å²) in [5.74, 6) is 0.681. The number of ether oxygens (including phenoxy) is 2. The van der Waals surface area contributed by atoms with Gasteiger partial charge in [-0.2, -0.15) is 0 Å². The molecule has 0 atom stereocenters. The van der Waals surface area contributed by atoms with Gasteiger partial charge in [-0.15, -0.1) is 0 Å². The Morgan fingerprint density at radius 3 is 3.10 bits per heavy atom. The van der Waals surface area contributed by atoms with Crippen LogP contribution in [0.3, 0.4) is 0 Å². The van der Waals surface area contributed by atoms with Crippen LogP contribution in [-0.4, -0.2) is 17.1 Å². The molecule has 3 heterocycles. The second-order valence-corrected chi connectivity index (χ2v) is 5.41. The molecule has 0 N–H and O–H groups in total. The smallest absolute Gasteiger partial charge is 0.340 e. The van der Waals surface area contributed by atoms with Gasteiger partial charge in [0.2, 0.25) is 0 Å². The van der Waals surface area contributed by atoms with Crippen molar-refractivity contribution in [3.8, 4) is 17.0 Å². The maximum Gasteiger partial charge on any atom is 0.340 e. The second kappa shape index (κ2) is 4.65. The molecule has 2 aliphatic rings. The van der Waals surface area contributed by atoms with Crippen molar-refractivity contribution >= 4 is 5.97 Å². The first-order valence-electron chi connectivity index (χ1n) is 7.44. The van der Waals surface area contributed by atoms with Gasteiger partial charge in [-0.3, -0.25) is 0 Å². The van der Waals surface area contributed by atoms with Gasteiger partial charge >= 0.3 is 5.97 Å². The third-order valence-electron chi connectivity index (χ3n) is 4.26. The van der Waals surface area contributed by atoms with Gasteiger partial charge in [-0.1, -0.05) is 12.1 Å². The van der Waals surface area contributed by atoms with E-state index in [1.807, 2.05) is 25.1 Å². The summed E-state index contributed by atoms with van der Waals surface area (Å²) in [6.45, 7) is 3.65. The Bertz CT molecular complexity index is 730. The second-order valence-electron chi connectivity index (χ2n) is 5.41. The van der Waals surface area contributed by atoms with Crippen molar-refractivity contribution in [3.63, 3.8) is 0 Å². The highest BCUT2D eigenvalue weighted by Gasteiger charge is 2.34. The largest absolute Gasteiger partial charge is 0.488 e. The molecular weight excluding hydrogens is 266 g/mol. The summed E-state index contributed by atoms with van der Waals surface area (Å²) in [6.07, 6.45) is 2.02. The lowest BCUT2D eigenvalue weighted by Crippen LogP contribution is -2.12. The normalized spacial score (nSPS) is 14.9. The van der Waals surface area contributed by atoms with E-state index >= 15 is 0 Å². The lowest BCUT2D eigenvalue weighted by molar-refractivity contribution is 0.0522.